The van der Waals surface area contributed by atoms with Crippen LogP contribution in [0.25, 0.3) is 0 Å². The van der Waals surface area contributed by atoms with Crippen molar-refractivity contribution < 1.29 is 14.7 Å². The van der Waals surface area contributed by atoms with E-state index in [-0.39, 0.29) is 5.91 Å². The van der Waals surface area contributed by atoms with Crippen molar-refractivity contribution in [1.82, 2.24) is 4.90 Å². The second-order valence-corrected chi connectivity index (χ2v) is 2.43. The molecule has 4 nitrogen and oxygen atoms in total. The van der Waals surface area contributed by atoms with Crippen molar-refractivity contribution in [2.24, 2.45) is 0 Å². The van der Waals surface area contributed by atoms with E-state index in [4.69, 9.17) is 5.11 Å². The molecule has 1 N–H and O–H groups in total. The van der Waals surface area contributed by atoms with Crippen molar-refractivity contribution in [3.05, 3.63) is 12.2 Å². The summed E-state index contributed by atoms with van der Waals surface area (Å²) in [7, 11) is 1.64. The number of nitrogens with zero attached hydrogens (tertiary/aromatic N) is 1. The van der Waals surface area contributed by atoms with E-state index in [1.54, 1.807) is 7.05 Å². The minimum Gasteiger partial charge on any atom is -0.478 e. The summed E-state index contributed by atoms with van der Waals surface area (Å²) in [6, 6.07) is 0. The van der Waals surface area contributed by atoms with E-state index in [1.807, 2.05) is 6.92 Å². The lowest BCUT2D eigenvalue weighted by Crippen LogP contribution is -2.25. The van der Waals surface area contributed by atoms with Gasteiger partial charge in [-0.1, -0.05) is 6.92 Å². The van der Waals surface area contributed by atoms with Crippen LogP contribution >= 0.6 is 0 Å². The maximum absolute atomic E-state index is 11.0. The highest BCUT2D eigenvalue weighted by atomic mass is 16.4. The Bertz CT molecular complexity index is 198. The summed E-state index contributed by atoms with van der Waals surface area (Å²) in [6.07, 6.45) is 2.76. The first kappa shape index (κ1) is 10.7. The number of amides is 1. The van der Waals surface area contributed by atoms with Gasteiger partial charge in [-0.15, -0.1) is 0 Å². The summed E-state index contributed by atoms with van der Waals surface area (Å²) in [4.78, 5) is 22.5. The first-order valence-corrected chi connectivity index (χ1v) is 3.74. The summed E-state index contributed by atoms with van der Waals surface area (Å²) >= 11 is 0. The smallest absolute Gasteiger partial charge is 0.328 e. The molecule has 0 aromatic carbocycles. The Kier molecular flexibility index (Phi) is 4.76. The van der Waals surface area contributed by atoms with Crippen molar-refractivity contribution in [3.63, 3.8) is 0 Å². The van der Waals surface area contributed by atoms with Gasteiger partial charge in [-0.2, -0.15) is 0 Å². The number of hydrogen-bond acceptors (Lipinski definition) is 2. The van der Waals surface area contributed by atoms with Gasteiger partial charge in [-0.25, -0.2) is 4.79 Å². The van der Waals surface area contributed by atoms with Gasteiger partial charge in [0, 0.05) is 25.7 Å². The predicted octanol–water partition coefficient (Wildman–Crippen LogP) is 0.496. The Morgan fingerprint density at radius 1 is 1.42 bits per heavy atom. The van der Waals surface area contributed by atoms with Gasteiger partial charge in [-0.3, -0.25) is 4.79 Å². The number of carbonyl (C=O) groups is 2. The maximum atomic E-state index is 11.0. The third-order valence-corrected chi connectivity index (χ3v) is 1.30. The number of hydrogen-bond donors (Lipinski definition) is 1. The molecule has 0 atom stereocenters. The molecule has 0 heterocycles. The van der Waals surface area contributed by atoms with Gasteiger partial charge in [0.1, 0.15) is 0 Å². The van der Waals surface area contributed by atoms with Crippen LogP contribution < -0.4 is 0 Å². The van der Waals surface area contributed by atoms with Gasteiger partial charge in [0.2, 0.25) is 5.91 Å². The van der Waals surface area contributed by atoms with Crippen molar-refractivity contribution in [2.45, 2.75) is 13.3 Å². The van der Waals surface area contributed by atoms with Crippen LogP contribution in [-0.2, 0) is 9.59 Å². The molecule has 1 amide bonds. The van der Waals surface area contributed by atoms with Gasteiger partial charge in [0.15, 0.2) is 0 Å². The number of likely N-dealkylation sites (N-methyl/N-ethyl adjacent to an activating group) is 1. The molecule has 0 saturated carbocycles. The Morgan fingerprint density at radius 3 is 2.42 bits per heavy atom. The van der Waals surface area contributed by atoms with Crippen LogP contribution in [0.15, 0.2) is 12.2 Å². The summed E-state index contributed by atoms with van der Waals surface area (Å²) < 4.78 is 0. The van der Waals surface area contributed by atoms with Gasteiger partial charge in [-0.05, 0) is 6.42 Å². The maximum Gasteiger partial charge on any atom is 0.328 e. The predicted molar refractivity (Wildman–Crippen MR) is 44.7 cm³/mol. The summed E-state index contributed by atoms with van der Waals surface area (Å²) in [5, 5.41) is 8.22. The normalized spacial score (nSPS) is 10.2. The molecule has 0 aliphatic rings. The molecule has 0 rings (SSSR count). The molecule has 0 aromatic heterocycles. The molecule has 4 heteroatoms. The molecular formula is C8H13NO3. The molecule has 0 aliphatic heterocycles. The largest absolute Gasteiger partial charge is 0.478 e. The van der Waals surface area contributed by atoms with Crippen LogP contribution in [0.2, 0.25) is 0 Å². The molecule has 0 unspecified atom stereocenters. The molecule has 0 fully saturated rings. The number of aliphatic carboxylic acids is 1. The zero-order chi connectivity index (χ0) is 9.56. The molecule has 0 spiro atoms. The van der Waals surface area contributed by atoms with Gasteiger partial charge in [0.05, 0.1) is 0 Å². The van der Waals surface area contributed by atoms with Crippen LogP contribution in [0, 0.1) is 0 Å². The fourth-order valence-corrected chi connectivity index (χ4v) is 0.715. The van der Waals surface area contributed by atoms with Crippen molar-refractivity contribution in [1.29, 1.82) is 0 Å². The topological polar surface area (TPSA) is 57.6 Å². The van der Waals surface area contributed by atoms with Crippen molar-refractivity contribution in [3.8, 4) is 0 Å². The van der Waals surface area contributed by atoms with Gasteiger partial charge >= 0.3 is 5.97 Å². The second-order valence-electron chi connectivity index (χ2n) is 2.43. The van der Waals surface area contributed by atoms with E-state index in [2.05, 4.69) is 0 Å². The highest BCUT2D eigenvalue weighted by Crippen LogP contribution is 1.89. The fraction of sp³-hybridized carbons (Fsp3) is 0.500. The molecule has 0 bridgehead atoms. The monoisotopic (exact) mass is 171 g/mol. The average Bonchev–Trinajstić information content (AvgIpc) is 2.00. The lowest BCUT2D eigenvalue weighted by Gasteiger charge is -2.12. The minimum absolute atomic E-state index is 0.278. The standard InChI is InChI=1S/C8H13NO3/c1-3-6-9(2)7(10)4-5-8(11)12/h4-5H,3,6H2,1-2H3,(H,11,12)/b5-4-. The van der Waals surface area contributed by atoms with Crippen LogP contribution in [0.1, 0.15) is 13.3 Å². The highest BCUT2D eigenvalue weighted by molar-refractivity contribution is 5.93. The summed E-state index contributed by atoms with van der Waals surface area (Å²) in [5.74, 6) is -1.38. The van der Waals surface area contributed by atoms with E-state index in [0.717, 1.165) is 18.6 Å². The second kappa shape index (κ2) is 5.35. The Morgan fingerprint density at radius 2 is 2.00 bits per heavy atom. The molecule has 68 valence electrons. The number of carboxylic acids is 1. The number of rotatable bonds is 4. The third kappa shape index (κ3) is 4.49. The lowest BCUT2D eigenvalue weighted by molar-refractivity contribution is -0.132. The summed E-state index contributed by atoms with van der Waals surface area (Å²) in [6.45, 7) is 2.59. The fourth-order valence-electron chi connectivity index (χ4n) is 0.715. The van der Waals surface area contributed by atoms with Crippen molar-refractivity contribution >= 4 is 11.9 Å². The van der Waals surface area contributed by atoms with Crippen molar-refractivity contribution in [2.75, 3.05) is 13.6 Å². The Balaban J connectivity index is 3.94. The van der Waals surface area contributed by atoms with Crippen LogP contribution in [0.3, 0.4) is 0 Å². The minimum atomic E-state index is -1.10. The number of carboxylic acid groups (broad SMARTS) is 1. The van der Waals surface area contributed by atoms with Crippen LogP contribution in [0.5, 0.6) is 0 Å². The zero-order valence-corrected chi connectivity index (χ0v) is 7.28. The van der Waals surface area contributed by atoms with E-state index in [1.165, 1.54) is 4.90 Å². The molecule has 0 aliphatic carbocycles. The molecule has 0 aromatic rings. The van der Waals surface area contributed by atoms with E-state index in [0.29, 0.717) is 6.54 Å². The first-order valence-electron chi connectivity index (χ1n) is 3.74. The van der Waals surface area contributed by atoms with Gasteiger partial charge in [0.25, 0.3) is 0 Å². The van der Waals surface area contributed by atoms with E-state index >= 15 is 0 Å². The molecule has 12 heavy (non-hydrogen) atoms. The van der Waals surface area contributed by atoms with Crippen LogP contribution in [0.4, 0.5) is 0 Å². The average molecular weight is 171 g/mol. The molecule has 0 radical (unpaired) electrons. The molecule has 0 saturated heterocycles. The third-order valence-electron chi connectivity index (χ3n) is 1.30. The van der Waals surface area contributed by atoms with E-state index < -0.39 is 5.97 Å². The Hall–Kier alpha value is -1.32. The zero-order valence-electron chi connectivity index (χ0n) is 7.28. The summed E-state index contributed by atoms with van der Waals surface area (Å²) in [5.41, 5.74) is 0. The Labute approximate surface area is 71.5 Å². The highest BCUT2D eigenvalue weighted by Gasteiger charge is 2.02. The van der Waals surface area contributed by atoms with Crippen LogP contribution in [-0.4, -0.2) is 35.5 Å². The van der Waals surface area contributed by atoms with E-state index in [9.17, 15) is 9.59 Å². The lowest BCUT2D eigenvalue weighted by atomic mass is 10.4. The van der Waals surface area contributed by atoms with Gasteiger partial charge < -0.3 is 10.0 Å². The first-order chi connectivity index (χ1) is 5.57. The SMILES string of the molecule is CCCN(C)C(=O)/C=C\C(=O)O. The number of carbonyl (C=O) groups excluding carboxylic acids is 1. The molecular weight excluding hydrogens is 158 g/mol. The quantitative estimate of drug-likeness (QED) is 0.626.